The van der Waals surface area contributed by atoms with E-state index in [1.165, 1.54) is 0 Å². The second-order valence-electron chi connectivity index (χ2n) is 5.01. The highest BCUT2D eigenvalue weighted by Gasteiger charge is 2.11. The number of aryl methyl sites for hydroxylation is 1. The lowest BCUT2D eigenvalue weighted by atomic mass is 10.2. The van der Waals surface area contributed by atoms with E-state index in [0.717, 1.165) is 5.56 Å². The average Bonchev–Trinajstić information content (AvgIpc) is 2.83. The molecule has 1 amide bonds. The molecule has 0 radical (unpaired) electrons. The van der Waals surface area contributed by atoms with Crippen molar-refractivity contribution in [3.63, 3.8) is 0 Å². The molecule has 2 rings (SSSR count). The van der Waals surface area contributed by atoms with Crippen LogP contribution in [0, 0.1) is 0 Å². The number of carbonyl (C=O) groups is 2. The van der Waals surface area contributed by atoms with Gasteiger partial charge in [0.15, 0.2) is 0 Å². The molecule has 2 N–H and O–H groups in total. The third-order valence-corrected chi connectivity index (χ3v) is 4.36. The van der Waals surface area contributed by atoms with E-state index in [1.54, 1.807) is 35.6 Å². The zero-order valence-electron chi connectivity index (χ0n) is 12.6. The second kappa shape index (κ2) is 8.08. The molecule has 1 heterocycles. The summed E-state index contributed by atoms with van der Waals surface area (Å²) >= 11 is 7.44. The quantitative estimate of drug-likeness (QED) is 0.746. The van der Waals surface area contributed by atoms with Gasteiger partial charge in [0.05, 0.1) is 11.4 Å². The molecule has 5 nitrogen and oxygen atoms in total. The van der Waals surface area contributed by atoms with Gasteiger partial charge in [0.2, 0.25) is 0 Å². The Kier molecular flexibility index (Phi) is 6.12. The maximum absolute atomic E-state index is 12.2. The summed E-state index contributed by atoms with van der Waals surface area (Å²) in [7, 11) is 1.76. The van der Waals surface area contributed by atoms with Crippen molar-refractivity contribution < 1.29 is 14.7 Å². The topological polar surface area (TPSA) is 71.3 Å². The van der Waals surface area contributed by atoms with Crippen LogP contribution in [0.3, 0.4) is 0 Å². The number of carbonyl (C=O) groups excluding carboxylic acids is 1. The van der Waals surface area contributed by atoms with Gasteiger partial charge >= 0.3 is 5.97 Å². The summed E-state index contributed by atoms with van der Waals surface area (Å²) in [5, 5.41) is 12.0. The predicted octanol–water partition coefficient (Wildman–Crippen LogP) is 3.64. The lowest BCUT2D eigenvalue weighted by Gasteiger charge is -2.08. The Labute approximate surface area is 143 Å². The maximum Gasteiger partial charge on any atom is 0.304 e. The van der Waals surface area contributed by atoms with Gasteiger partial charge in [0.25, 0.3) is 5.91 Å². The minimum atomic E-state index is -0.792. The predicted molar refractivity (Wildman–Crippen MR) is 93.2 cm³/mol. The lowest BCUT2D eigenvalue weighted by molar-refractivity contribution is -0.136. The summed E-state index contributed by atoms with van der Waals surface area (Å²) in [6, 6.07) is 9.12. The van der Waals surface area contributed by atoms with Gasteiger partial charge in [0, 0.05) is 30.4 Å². The zero-order chi connectivity index (χ0) is 16.8. The van der Waals surface area contributed by atoms with Gasteiger partial charge in [-0.3, -0.25) is 9.59 Å². The number of benzene rings is 1. The van der Waals surface area contributed by atoms with E-state index in [-0.39, 0.29) is 12.3 Å². The van der Waals surface area contributed by atoms with E-state index in [9.17, 15) is 9.59 Å². The van der Waals surface area contributed by atoms with Crippen molar-refractivity contribution in [1.29, 1.82) is 0 Å². The van der Waals surface area contributed by atoms with Gasteiger partial charge in [-0.25, -0.2) is 0 Å². The number of hydrogen-bond donors (Lipinski definition) is 2. The highest BCUT2D eigenvalue weighted by Crippen LogP contribution is 2.19. The van der Waals surface area contributed by atoms with Gasteiger partial charge in [0.1, 0.15) is 5.69 Å². The van der Waals surface area contributed by atoms with Crippen LogP contribution in [-0.2, 0) is 17.6 Å². The number of aliphatic carboxylic acids is 1. The molecular formula is C16H17ClN2O3S. The minimum Gasteiger partial charge on any atom is -0.481 e. The molecule has 122 valence electrons. The number of carboxylic acids is 1. The first-order valence-electron chi connectivity index (χ1n) is 6.97. The van der Waals surface area contributed by atoms with Gasteiger partial charge in [-0.2, -0.15) is 11.8 Å². The third-order valence-electron chi connectivity index (χ3n) is 3.12. The zero-order valence-corrected chi connectivity index (χ0v) is 14.2. The first kappa shape index (κ1) is 17.4. The van der Waals surface area contributed by atoms with E-state index >= 15 is 0 Å². The molecule has 0 aliphatic rings. The molecule has 0 aliphatic heterocycles. The van der Waals surface area contributed by atoms with Gasteiger partial charge in [-0.15, -0.1) is 0 Å². The van der Waals surface area contributed by atoms with Crippen LogP contribution in [0.5, 0.6) is 0 Å². The van der Waals surface area contributed by atoms with Crippen LogP contribution in [0.25, 0.3) is 0 Å². The number of rotatable bonds is 7. The van der Waals surface area contributed by atoms with E-state index < -0.39 is 5.97 Å². The second-order valence-corrected chi connectivity index (χ2v) is 6.55. The van der Waals surface area contributed by atoms with E-state index in [4.69, 9.17) is 16.7 Å². The molecule has 0 saturated heterocycles. The summed E-state index contributed by atoms with van der Waals surface area (Å²) in [4.78, 5) is 22.7. The molecule has 0 fully saturated rings. The summed E-state index contributed by atoms with van der Waals surface area (Å²) in [5.41, 5.74) is 2.21. The van der Waals surface area contributed by atoms with Crippen LogP contribution in [0.2, 0.25) is 5.02 Å². The van der Waals surface area contributed by atoms with Crippen LogP contribution >= 0.6 is 23.4 Å². The van der Waals surface area contributed by atoms with Crippen molar-refractivity contribution in [3.8, 4) is 0 Å². The third kappa shape index (κ3) is 5.33. The molecular weight excluding hydrogens is 336 g/mol. The molecule has 0 atom stereocenters. The Morgan fingerprint density at radius 1 is 1.35 bits per heavy atom. The Morgan fingerprint density at radius 3 is 2.78 bits per heavy atom. The Morgan fingerprint density at radius 2 is 2.13 bits per heavy atom. The van der Waals surface area contributed by atoms with Crippen LogP contribution in [0.4, 0.5) is 5.69 Å². The van der Waals surface area contributed by atoms with Crippen LogP contribution < -0.4 is 5.32 Å². The molecule has 7 heteroatoms. The molecule has 0 aliphatic carbocycles. The first-order valence-corrected chi connectivity index (χ1v) is 8.50. The minimum absolute atomic E-state index is 0.148. The highest BCUT2D eigenvalue weighted by molar-refractivity contribution is 7.98. The molecule has 1 aromatic carbocycles. The number of anilines is 1. The van der Waals surface area contributed by atoms with Crippen molar-refractivity contribution in [2.45, 2.75) is 12.2 Å². The molecule has 0 bridgehead atoms. The number of halogens is 1. The van der Waals surface area contributed by atoms with Gasteiger partial charge in [-0.05, 0) is 23.8 Å². The number of hydrogen-bond acceptors (Lipinski definition) is 3. The fourth-order valence-corrected chi connectivity index (χ4v) is 3.16. The number of nitrogens with one attached hydrogen (secondary N) is 1. The fraction of sp³-hybridized carbons (Fsp3) is 0.250. The largest absolute Gasteiger partial charge is 0.481 e. The molecule has 0 saturated carbocycles. The standard InChI is InChI=1S/C16H17ClN2O3S/c1-19-9-12(17)8-14(19)16(22)18-13-4-2-3-11(7-13)10-23-6-5-15(20)21/h2-4,7-9H,5-6,10H2,1H3,(H,18,22)(H,20,21). The first-order chi connectivity index (χ1) is 11.0. The SMILES string of the molecule is Cn1cc(Cl)cc1C(=O)Nc1cccc(CSCCC(=O)O)c1. The summed E-state index contributed by atoms with van der Waals surface area (Å²) < 4.78 is 1.67. The van der Waals surface area contributed by atoms with Crippen molar-refractivity contribution >= 4 is 40.9 Å². The Balaban J connectivity index is 1.95. The Bertz CT molecular complexity index is 715. The van der Waals surface area contributed by atoms with Crippen LogP contribution in [0.1, 0.15) is 22.5 Å². The number of carboxylic acid groups (broad SMARTS) is 1. The molecule has 0 unspecified atom stereocenters. The van der Waals surface area contributed by atoms with Crippen molar-refractivity contribution in [3.05, 3.63) is 52.8 Å². The van der Waals surface area contributed by atoms with E-state index in [2.05, 4.69) is 5.32 Å². The van der Waals surface area contributed by atoms with E-state index in [0.29, 0.717) is 27.9 Å². The fourth-order valence-electron chi connectivity index (χ4n) is 2.03. The smallest absolute Gasteiger partial charge is 0.304 e. The highest BCUT2D eigenvalue weighted by atomic mass is 35.5. The summed E-state index contributed by atoms with van der Waals surface area (Å²) in [6.45, 7) is 0. The normalized spacial score (nSPS) is 10.5. The molecule has 0 spiro atoms. The van der Waals surface area contributed by atoms with Crippen LogP contribution in [-0.4, -0.2) is 27.3 Å². The summed E-state index contributed by atoms with van der Waals surface area (Å²) in [6.07, 6.45) is 1.82. The van der Waals surface area contributed by atoms with Crippen molar-refractivity contribution in [2.75, 3.05) is 11.1 Å². The molecule has 23 heavy (non-hydrogen) atoms. The lowest BCUT2D eigenvalue weighted by Crippen LogP contribution is -2.15. The Hall–Kier alpha value is -1.92. The number of thioether (sulfide) groups is 1. The number of nitrogens with zero attached hydrogens (tertiary/aromatic N) is 1. The molecule has 2 aromatic rings. The maximum atomic E-state index is 12.2. The molecule has 1 aromatic heterocycles. The van der Waals surface area contributed by atoms with Crippen molar-refractivity contribution in [2.24, 2.45) is 7.05 Å². The van der Waals surface area contributed by atoms with Gasteiger partial charge in [-0.1, -0.05) is 23.7 Å². The summed E-state index contributed by atoms with van der Waals surface area (Å²) in [5.74, 6) is 0.246. The van der Waals surface area contributed by atoms with Gasteiger partial charge < -0.3 is 15.0 Å². The van der Waals surface area contributed by atoms with E-state index in [1.807, 2.05) is 24.3 Å². The monoisotopic (exact) mass is 352 g/mol. The number of amides is 1. The average molecular weight is 353 g/mol. The van der Waals surface area contributed by atoms with Crippen molar-refractivity contribution in [1.82, 2.24) is 4.57 Å². The van der Waals surface area contributed by atoms with Crippen LogP contribution in [0.15, 0.2) is 36.5 Å². The number of aromatic nitrogens is 1.